The fourth-order valence-electron chi connectivity index (χ4n) is 4.57. The first-order valence-electron chi connectivity index (χ1n) is 10.8. The number of benzene rings is 2. The summed E-state index contributed by atoms with van der Waals surface area (Å²) in [6.45, 7) is 5.35. The molecule has 1 aliphatic carbocycles. The highest BCUT2D eigenvalue weighted by Gasteiger charge is 2.35. The van der Waals surface area contributed by atoms with Crippen molar-refractivity contribution in [3.8, 4) is 5.75 Å². The first kappa shape index (κ1) is 20.8. The van der Waals surface area contributed by atoms with Crippen LogP contribution in [0.4, 0.5) is 14.5 Å². The minimum absolute atomic E-state index is 0.137. The molecule has 0 aromatic heterocycles. The maximum Gasteiger partial charge on any atom is 0.387 e. The fraction of sp³-hybridized carbons (Fsp3) is 0.480. The van der Waals surface area contributed by atoms with E-state index in [1.807, 2.05) is 18.2 Å². The number of anilines is 1. The molecule has 1 atom stereocenters. The van der Waals surface area contributed by atoms with Crippen LogP contribution in [-0.2, 0) is 19.4 Å². The minimum Gasteiger partial charge on any atom is -0.433 e. The van der Waals surface area contributed by atoms with Crippen LogP contribution in [0, 0.1) is 11.3 Å². The number of halogens is 2. The summed E-state index contributed by atoms with van der Waals surface area (Å²) in [5, 5.41) is 3.31. The van der Waals surface area contributed by atoms with Gasteiger partial charge in [0, 0.05) is 17.8 Å². The van der Waals surface area contributed by atoms with Crippen LogP contribution in [0.2, 0.25) is 0 Å². The quantitative estimate of drug-likeness (QED) is 0.644. The van der Waals surface area contributed by atoms with Crippen LogP contribution < -0.4 is 10.1 Å². The second-order valence-corrected chi connectivity index (χ2v) is 9.38. The smallest absolute Gasteiger partial charge is 0.387 e. The summed E-state index contributed by atoms with van der Waals surface area (Å²) in [4.78, 5) is 4.98. The van der Waals surface area contributed by atoms with Crippen molar-refractivity contribution >= 4 is 11.4 Å². The summed E-state index contributed by atoms with van der Waals surface area (Å²) in [6, 6.07) is 11.9. The molecule has 4 rings (SSSR count). The highest BCUT2D eigenvalue weighted by Crippen LogP contribution is 2.45. The third-order valence-corrected chi connectivity index (χ3v) is 6.36. The van der Waals surface area contributed by atoms with E-state index in [2.05, 4.69) is 38.2 Å². The van der Waals surface area contributed by atoms with E-state index in [0.717, 1.165) is 60.3 Å². The first-order valence-corrected chi connectivity index (χ1v) is 10.8. The lowest BCUT2D eigenvalue weighted by Crippen LogP contribution is -2.32. The molecule has 1 N–H and O–H groups in total. The van der Waals surface area contributed by atoms with Gasteiger partial charge >= 0.3 is 6.61 Å². The summed E-state index contributed by atoms with van der Waals surface area (Å²) in [7, 11) is 0. The van der Waals surface area contributed by atoms with Gasteiger partial charge in [0.15, 0.2) is 0 Å². The molecular formula is C25H30F2N2O. The maximum absolute atomic E-state index is 13.1. The van der Waals surface area contributed by atoms with E-state index >= 15 is 0 Å². The molecule has 0 saturated carbocycles. The zero-order chi connectivity index (χ0) is 21.3. The van der Waals surface area contributed by atoms with Gasteiger partial charge in [0.05, 0.1) is 12.2 Å². The Labute approximate surface area is 177 Å². The molecule has 1 aliphatic heterocycles. The second-order valence-electron chi connectivity index (χ2n) is 9.38. The van der Waals surface area contributed by atoms with Crippen LogP contribution in [0.5, 0.6) is 5.75 Å². The Morgan fingerprint density at radius 2 is 1.90 bits per heavy atom. The Balaban J connectivity index is 1.82. The average Bonchev–Trinajstić information content (AvgIpc) is 2.72. The summed E-state index contributed by atoms with van der Waals surface area (Å²) in [5.41, 5.74) is 6.42. The van der Waals surface area contributed by atoms with Gasteiger partial charge in [0.1, 0.15) is 5.75 Å². The van der Waals surface area contributed by atoms with E-state index in [0.29, 0.717) is 12.5 Å². The summed E-state index contributed by atoms with van der Waals surface area (Å²) in [6.07, 6.45) is 3.67. The maximum atomic E-state index is 13.1. The Kier molecular flexibility index (Phi) is 5.81. The first-order chi connectivity index (χ1) is 14.3. The van der Waals surface area contributed by atoms with Gasteiger partial charge in [0.25, 0.3) is 0 Å². The second kappa shape index (κ2) is 8.37. The molecule has 0 radical (unpaired) electrons. The van der Waals surface area contributed by atoms with Crippen molar-refractivity contribution in [1.29, 1.82) is 0 Å². The largest absolute Gasteiger partial charge is 0.433 e. The normalized spacial score (nSPS) is 19.9. The minimum atomic E-state index is -2.84. The van der Waals surface area contributed by atoms with Crippen molar-refractivity contribution in [2.24, 2.45) is 16.3 Å². The molecule has 3 nitrogen and oxygen atoms in total. The molecule has 1 heterocycles. The molecule has 0 spiro atoms. The molecule has 160 valence electrons. The third kappa shape index (κ3) is 4.35. The molecular weight excluding hydrogens is 382 g/mol. The van der Waals surface area contributed by atoms with Crippen LogP contribution in [0.1, 0.15) is 55.9 Å². The number of hydrogen-bond donors (Lipinski definition) is 1. The molecule has 2 aromatic carbocycles. The van der Waals surface area contributed by atoms with Gasteiger partial charge in [-0.3, -0.25) is 4.99 Å². The van der Waals surface area contributed by atoms with Crippen LogP contribution >= 0.6 is 0 Å². The number of fused-ring (bicyclic) bond motifs is 3. The molecule has 0 fully saturated rings. The molecule has 0 bridgehead atoms. The monoisotopic (exact) mass is 412 g/mol. The Hall–Kier alpha value is -2.43. The van der Waals surface area contributed by atoms with Gasteiger partial charge in [-0.2, -0.15) is 8.78 Å². The van der Waals surface area contributed by atoms with E-state index in [-0.39, 0.29) is 11.2 Å². The predicted molar refractivity (Wildman–Crippen MR) is 118 cm³/mol. The zero-order valence-electron chi connectivity index (χ0n) is 18.0. The summed E-state index contributed by atoms with van der Waals surface area (Å²) >= 11 is 0. The van der Waals surface area contributed by atoms with Crippen LogP contribution in [0.15, 0.2) is 41.4 Å². The van der Waals surface area contributed by atoms with Crippen LogP contribution in [0.25, 0.3) is 0 Å². The van der Waals surface area contributed by atoms with Gasteiger partial charge in [-0.25, -0.2) is 0 Å². The van der Waals surface area contributed by atoms with Gasteiger partial charge < -0.3 is 10.1 Å². The molecule has 1 unspecified atom stereocenters. The highest BCUT2D eigenvalue weighted by molar-refractivity contribution is 6.04. The summed E-state index contributed by atoms with van der Waals surface area (Å²) < 4.78 is 31.2. The van der Waals surface area contributed by atoms with Crippen molar-refractivity contribution in [2.75, 3.05) is 11.9 Å². The van der Waals surface area contributed by atoms with Gasteiger partial charge in [-0.15, -0.1) is 0 Å². The van der Waals surface area contributed by atoms with Gasteiger partial charge in [-0.1, -0.05) is 51.1 Å². The lowest BCUT2D eigenvalue weighted by molar-refractivity contribution is -0.0494. The molecule has 5 heteroatoms. The Morgan fingerprint density at radius 3 is 2.60 bits per heavy atom. The van der Waals surface area contributed by atoms with E-state index in [1.54, 1.807) is 6.07 Å². The zero-order valence-corrected chi connectivity index (χ0v) is 18.0. The van der Waals surface area contributed by atoms with Gasteiger partial charge in [-0.05, 0) is 59.8 Å². The van der Waals surface area contributed by atoms with Crippen LogP contribution in [0.3, 0.4) is 0 Å². The number of aliphatic imine (C=N–C) groups is 1. The standard InChI is InChI=1S/C25H30F2N2O/c1-25(2,3)17-12-19-18-10-7-11-28-23(18)22(30-24(26)27)14-20(19)21(13-17)29-15-16-8-5-4-6-9-16/h4-6,8-9,14,17,24,28H,7,10-13,15H2,1-3H3. The molecule has 30 heavy (non-hydrogen) atoms. The van der Waals surface area contributed by atoms with E-state index < -0.39 is 6.61 Å². The number of hydrogen-bond acceptors (Lipinski definition) is 3. The van der Waals surface area contributed by atoms with Gasteiger partial charge in [0.2, 0.25) is 0 Å². The molecule has 2 aromatic rings. The number of nitrogens with one attached hydrogen (secondary N) is 1. The average molecular weight is 413 g/mol. The Morgan fingerprint density at radius 1 is 1.13 bits per heavy atom. The Bertz CT molecular complexity index is 932. The SMILES string of the molecule is CC(C)(C)C1CC(=NCc2ccccc2)c2cc(OC(F)F)c3c(c2C1)CCCN3. The summed E-state index contributed by atoms with van der Waals surface area (Å²) in [5.74, 6) is 0.701. The van der Waals surface area contributed by atoms with Crippen molar-refractivity contribution in [1.82, 2.24) is 0 Å². The lowest BCUT2D eigenvalue weighted by atomic mass is 9.68. The number of rotatable bonds is 4. The van der Waals surface area contributed by atoms with Crippen molar-refractivity contribution in [3.05, 3.63) is 58.7 Å². The number of alkyl halides is 2. The molecule has 0 saturated heterocycles. The van der Waals surface area contributed by atoms with E-state index in [9.17, 15) is 8.78 Å². The van der Waals surface area contributed by atoms with Crippen molar-refractivity contribution in [3.63, 3.8) is 0 Å². The van der Waals surface area contributed by atoms with Crippen molar-refractivity contribution in [2.45, 2.75) is 59.6 Å². The molecule has 2 aliphatic rings. The molecule has 0 amide bonds. The predicted octanol–water partition coefficient (Wildman–Crippen LogP) is 6.24. The van der Waals surface area contributed by atoms with E-state index in [4.69, 9.17) is 9.73 Å². The number of ether oxygens (including phenoxy) is 1. The lowest BCUT2D eigenvalue weighted by Gasteiger charge is -2.38. The third-order valence-electron chi connectivity index (χ3n) is 6.36. The number of nitrogens with zero attached hydrogens (tertiary/aromatic N) is 1. The van der Waals surface area contributed by atoms with Crippen LogP contribution in [-0.4, -0.2) is 18.9 Å². The highest BCUT2D eigenvalue weighted by atomic mass is 19.3. The van der Waals surface area contributed by atoms with E-state index in [1.165, 1.54) is 5.56 Å². The topological polar surface area (TPSA) is 33.6 Å². The van der Waals surface area contributed by atoms with Crippen molar-refractivity contribution < 1.29 is 13.5 Å². The fourth-order valence-corrected chi connectivity index (χ4v) is 4.57.